The average molecular weight is 237 g/mol. The summed E-state index contributed by atoms with van der Waals surface area (Å²) in [6, 6.07) is 3.22. The van der Waals surface area contributed by atoms with Crippen LogP contribution in [0, 0.1) is 12.9 Å². The summed E-state index contributed by atoms with van der Waals surface area (Å²) in [7, 11) is 1.92. The van der Waals surface area contributed by atoms with Gasteiger partial charge in [-0.1, -0.05) is 0 Å². The number of aromatic nitrogens is 2. The maximum absolute atomic E-state index is 12.9. The summed E-state index contributed by atoms with van der Waals surface area (Å²) in [5.41, 5.74) is 3.68. The number of rotatable bonds is 3. The van der Waals surface area contributed by atoms with Gasteiger partial charge in [-0.15, -0.1) is 11.3 Å². The maximum Gasteiger partial charge on any atom is 0.214 e. The van der Waals surface area contributed by atoms with Gasteiger partial charge in [-0.05, 0) is 13.0 Å². The van der Waals surface area contributed by atoms with E-state index in [1.165, 1.54) is 17.1 Å². The first-order valence-corrected chi connectivity index (χ1v) is 5.76. The maximum atomic E-state index is 12.9. The highest BCUT2D eigenvalue weighted by Gasteiger charge is 2.07. The minimum Gasteiger partial charge on any atom is -0.369 e. The van der Waals surface area contributed by atoms with E-state index in [-0.39, 0.29) is 0 Å². The molecule has 0 aliphatic heterocycles. The van der Waals surface area contributed by atoms with Crippen molar-refractivity contribution in [3.8, 4) is 0 Å². The third-order valence-corrected chi connectivity index (χ3v) is 3.30. The lowest BCUT2D eigenvalue weighted by Gasteiger charge is -2.18. The first kappa shape index (κ1) is 11.0. The van der Waals surface area contributed by atoms with Crippen LogP contribution in [-0.4, -0.2) is 17.0 Å². The number of hydrogen-bond donors (Lipinski definition) is 0. The van der Waals surface area contributed by atoms with Crippen molar-refractivity contribution in [3.63, 3.8) is 0 Å². The monoisotopic (exact) mass is 237 g/mol. The summed E-state index contributed by atoms with van der Waals surface area (Å²) < 4.78 is 12.9. The minimum absolute atomic E-state index is 0.453. The van der Waals surface area contributed by atoms with Gasteiger partial charge in [-0.2, -0.15) is 4.39 Å². The Kier molecular flexibility index (Phi) is 3.14. The first-order valence-electron chi connectivity index (χ1n) is 4.88. The molecule has 0 aromatic carbocycles. The molecule has 0 bridgehead atoms. The number of thiazole rings is 1. The zero-order chi connectivity index (χ0) is 11.5. The van der Waals surface area contributed by atoms with Crippen LogP contribution in [0.5, 0.6) is 0 Å². The fourth-order valence-corrected chi connectivity index (χ4v) is 2.24. The molecule has 0 atom stereocenters. The lowest BCUT2D eigenvalue weighted by molar-refractivity contribution is 0.583. The fourth-order valence-electron chi connectivity index (χ4n) is 1.41. The summed E-state index contributed by atoms with van der Waals surface area (Å²) in [5, 5.41) is 0. The van der Waals surface area contributed by atoms with Gasteiger partial charge in [-0.3, -0.25) is 0 Å². The second kappa shape index (κ2) is 4.57. The highest BCUT2D eigenvalue weighted by Crippen LogP contribution is 2.19. The second-order valence-corrected chi connectivity index (χ2v) is 4.49. The average Bonchev–Trinajstić information content (AvgIpc) is 2.64. The molecule has 84 valence electrons. The molecular weight excluding hydrogens is 225 g/mol. The van der Waals surface area contributed by atoms with Crippen LogP contribution < -0.4 is 4.90 Å². The number of pyridine rings is 1. The topological polar surface area (TPSA) is 29.0 Å². The van der Waals surface area contributed by atoms with E-state index in [2.05, 4.69) is 9.97 Å². The molecule has 2 rings (SSSR count). The molecule has 0 aliphatic carbocycles. The van der Waals surface area contributed by atoms with Gasteiger partial charge < -0.3 is 4.90 Å². The number of anilines is 1. The molecule has 0 spiro atoms. The van der Waals surface area contributed by atoms with Gasteiger partial charge in [0.2, 0.25) is 5.95 Å². The standard InChI is InChI=1S/C11H12FN3S/c1-8-10(16-7-14-8)6-15(2)9-3-4-13-11(12)5-9/h3-5,7H,6H2,1-2H3. The van der Waals surface area contributed by atoms with E-state index in [9.17, 15) is 4.39 Å². The molecule has 2 heterocycles. The number of hydrogen-bond acceptors (Lipinski definition) is 4. The van der Waals surface area contributed by atoms with E-state index in [1.54, 1.807) is 17.4 Å². The molecular formula is C11H12FN3S. The van der Waals surface area contributed by atoms with E-state index < -0.39 is 5.95 Å². The molecule has 0 saturated heterocycles. The quantitative estimate of drug-likeness (QED) is 0.768. The molecule has 0 N–H and O–H groups in total. The van der Waals surface area contributed by atoms with Gasteiger partial charge in [0.25, 0.3) is 0 Å². The van der Waals surface area contributed by atoms with E-state index in [4.69, 9.17) is 0 Å². The van der Waals surface area contributed by atoms with Crippen LogP contribution in [-0.2, 0) is 6.54 Å². The normalized spacial score (nSPS) is 10.4. The molecule has 3 nitrogen and oxygen atoms in total. The highest BCUT2D eigenvalue weighted by atomic mass is 32.1. The second-order valence-electron chi connectivity index (χ2n) is 3.55. The Morgan fingerprint density at radius 2 is 2.25 bits per heavy atom. The Bertz CT molecular complexity index is 484. The summed E-state index contributed by atoms with van der Waals surface area (Å²) in [4.78, 5) is 10.9. The predicted molar refractivity (Wildman–Crippen MR) is 63.2 cm³/mol. The van der Waals surface area contributed by atoms with Crippen molar-refractivity contribution in [1.29, 1.82) is 0 Å². The summed E-state index contributed by atoms with van der Waals surface area (Å²) >= 11 is 1.61. The first-order chi connectivity index (χ1) is 7.66. The third kappa shape index (κ3) is 2.36. The number of halogens is 1. The van der Waals surface area contributed by atoms with E-state index in [1.807, 2.05) is 24.4 Å². The lowest BCUT2D eigenvalue weighted by Crippen LogP contribution is -2.16. The van der Waals surface area contributed by atoms with Gasteiger partial charge in [0.1, 0.15) is 0 Å². The Morgan fingerprint density at radius 3 is 2.88 bits per heavy atom. The fraction of sp³-hybridized carbons (Fsp3) is 0.273. The zero-order valence-electron chi connectivity index (χ0n) is 9.14. The molecule has 2 aromatic heterocycles. The van der Waals surface area contributed by atoms with E-state index in [0.29, 0.717) is 0 Å². The Balaban J connectivity index is 2.14. The van der Waals surface area contributed by atoms with Crippen LogP contribution in [0.2, 0.25) is 0 Å². The molecule has 0 saturated carbocycles. The van der Waals surface area contributed by atoms with Crippen LogP contribution in [0.25, 0.3) is 0 Å². The zero-order valence-corrected chi connectivity index (χ0v) is 9.96. The Hall–Kier alpha value is -1.49. The number of aryl methyl sites for hydroxylation is 1. The van der Waals surface area contributed by atoms with Gasteiger partial charge >= 0.3 is 0 Å². The van der Waals surface area contributed by atoms with E-state index in [0.717, 1.165) is 17.9 Å². The van der Waals surface area contributed by atoms with Gasteiger partial charge in [-0.25, -0.2) is 9.97 Å². The molecule has 5 heteroatoms. The van der Waals surface area contributed by atoms with Crippen molar-refractivity contribution in [2.45, 2.75) is 13.5 Å². The van der Waals surface area contributed by atoms with Crippen LogP contribution in [0.15, 0.2) is 23.8 Å². The van der Waals surface area contributed by atoms with Gasteiger partial charge in [0.05, 0.1) is 17.7 Å². The van der Waals surface area contributed by atoms with Crippen molar-refractivity contribution in [2.24, 2.45) is 0 Å². The third-order valence-electron chi connectivity index (χ3n) is 2.38. The summed E-state index contributed by atoms with van der Waals surface area (Å²) in [5.74, 6) is -0.453. The predicted octanol–water partition coefficient (Wildman–Crippen LogP) is 2.62. The molecule has 0 fully saturated rings. The number of nitrogens with zero attached hydrogens (tertiary/aromatic N) is 3. The largest absolute Gasteiger partial charge is 0.369 e. The van der Waals surface area contributed by atoms with Crippen LogP contribution in [0.1, 0.15) is 10.6 Å². The lowest BCUT2D eigenvalue weighted by atomic mass is 10.3. The van der Waals surface area contributed by atoms with Crippen molar-refractivity contribution < 1.29 is 4.39 Å². The molecule has 16 heavy (non-hydrogen) atoms. The molecule has 0 amide bonds. The Morgan fingerprint density at radius 1 is 1.44 bits per heavy atom. The van der Waals surface area contributed by atoms with Crippen molar-refractivity contribution in [2.75, 3.05) is 11.9 Å². The van der Waals surface area contributed by atoms with E-state index >= 15 is 0 Å². The van der Waals surface area contributed by atoms with Gasteiger partial charge in [0, 0.05) is 29.9 Å². The Labute approximate surface area is 97.6 Å². The summed E-state index contributed by atoms with van der Waals surface area (Å²) in [6.45, 7) is 2.72. The summed E-state index contributed by atoms with van der Waals surface area (Å²) in [6.07, 6.45) is 1.47. The molecule has 0 unspecified atom stereocenters. The van der Waals surface area contributed by atoms with Crippen LogP contribution in [0.4, 0.5) is 10.1 Å². The molecule has 0 radical (unpaired) electrons. The SMILES string of the molecule is Cc1ncsc1CN(C)c1ccnc(F)c1. The smallest absolute Gasteiger partial charge is 0.214 e. The van der Waals surface area contributed by atoms with Crippen molar-refractivity contribution in [1.82, 2.24) is 9.97 Å². The van der Waals surface area contributed by atoms with Crippen LogP contribution >= 0.6 is 11.3 Å². The minimum atomic E-state index is -0.453. The molecule has 0 aliphatic rings. The van der Waals surface area contributed by atoms with Crippen molar-refractivity contribution in [3.05, 3.63) is 40.4 Å². The highest BCUT2D eigenvalue weighted by molar-refractivity contribution is 7.09. The van der Waals surface area contributed by atoms with Gasteiger partial charge in [0.15, 0.2) is 0 Å². The van der Waals surface area contributed by atoms with Crippen molar-refractivity contribution >= 4 is 17.0 Å². The van der Waals surface area contributed by atoms with Crippen LogP contribution in [0.3, 0.4) is 0 Å². The molecule has 2 aromatic rings.